The fourth-order valence-electron chi connectivity index (χ4n) is 5.82. The molecule has 1 aliphatic rings. The number of Topliss-reactive ketones (excluding diaryl/α,β-unsaturated/α-hetero) is 1. The first-order valence-corrected chi connectivity index (χ1v) is 16.7. The van der Waals surface area contributed by atoms with Crippen molar-refractivity contribution in [3.8, 4) is 0 Å². The first-order chi connectivity index (χ1) is 20.7. The summed E-state index contributed by atoms with van der Waals surface area (Å²) in [4.78, 5) is 39.6. The Morgan fingerprint density at radius 2 is 1.77 bits per heavy atom. The van der Waals surface area contributed by atoms with Gasteiger partial charge < -0.3 is 15.1 Å². The van der Waals surface area contributed by atoms with E-state index in [1.807, 2.05) is 42.5 Å². The molecule has 230 valence electrons. The molecule has 1 saturated heterocycles. The van der Waals surface area contributed by atoms with Crippen molar-refractivity contribution in [1.29, 1.82) is 0 Å². The van der Waals surface area contributed by atoms with Gasteiger partial charge in [-0.15, -0.1) is 0 Å². The highest BCUT2D eigenvalue weighted by molar-refractivity contribution is 7.98. The molecule has 1 aliphatic heterocycles. The monoisotopic (exact) mass is 621 g/mol. The average Bonchev–Trinajstić information content (AvgIpc) is 3.02. The van der Waals surface area contributed by atoms with Gasteiger partial charge in [-0.25, -0.2) is 9.97 Å². The van der Waals surface area contributed by atoms with Crippen LogP contribution in [-0.2, 0) is 16.0 Å². The maximum atomic E-state index is 12.9. The predicted octanol–water partition coefficient (Wildman–Crippen LogP) is 6.79. The van der Waals surface area contributed by atoms with Gasteiger partial charge in [-0.05, 0) is 82.4 Å². The maximum Gasteiger partial charge on any atom is 0.251 e. The predicted molar refractivity (Wildman–Crippen MR) is 177 cm³/mol. The Morgan fingerprint density at radius 1 is 1.05 bits per heavy atom. The highest BCUT2D eigenvalue weighted by atomic mass is 35.5. The average molecular weight is 622 g/mol. The van der Waals surface area contributed by atoms with Crippen LogP contribution in [0.4, 0.5) is 5.82 Å². The number of carbonyl (C=O) groups is 2. The van der Waals surface area contributed by atoms with Gasteiger partial charge in [-0.2, -0.15) is 0 Å². The summed E-state index contributed by atoms with van der Waals surface area (Å²) in [5.74, 6) is 1.54. The van der Waals surface area contributed by atoms with E-state index < -0.39 is 5.41 Å². The number of piperidine rings is 1. The Balaban J connectivity index is 1.34. The topological polar surface area (TPSA) is 78.4 Å². The number of carbonyl (C=O) groups excluding carboxylic acids is 2. The maximum absolute atomic E-state index is 12.9. The second kappa shape index (κ2) is 15.7. The van der Waals surface area contributed by atoms with E-state index >= 15 is 0 Å². The summed E-state index contributed by atoms with van der Waals surface area (Å²) >= 11 is 7.93. The number of aromatic nitrogens is 2. The Morgan fingerprint density at radius 3 is 2.44 bits per heavy atom. The molecule has 9 heteroatoms. The second-order valence-electron chi connectivity index (χ2n) is 11.4. The van der Waals surface area contributed by atoms with Crippen LogP contribution >= 0.6 is 23.4 Å². The Bertz CT molecular complexity index is 1360. The number of hydrogen-bond donors (Lipinski definition) is 1. The summed E-state index contributed by atoms with van der Waals surface area (Å²) in [5, 5.41) is 4.13. The highest BCUT2D eigenvalue weighted by Gasteiger charge is 2.40. The van der Waals surface area contributed by atoms with Crippen molar-refractivity contribution in [1.82, 2.24) is 20.2 Å². The van der Waals surface area contributed by atoms with E-state index in [0.29, 0.717) is 34.7 Å². The second-order valence-corrected chi connectivity index (χ2v) is 12.7. The van der Waals surface area contributed by atoms with Gasteiger partial charge in [0.05, 0.1) is 5.41 Å². The van der Waals surface area contributed by atoms with Crippen LogP contribution in [0.2, 0.25) is 5.15 Å². The number of amides is 1. The van der Waals surface area contributed by atoms with Crippen molar-refractivity contribution in [3.05, 3.63) is 82.5 Å². The van der Waals surface area contributed by atoms with Gasteiger partial charge in [0.1, 0.15) is 16.8 Å². The first kappa shape index (κ1) is 33.0. The molecule has 1 atom stereocenters. The summed E-state index contributed by atoms with van der Waals surface area (Å²) in [5.41, 5.74) is 2.29. The van der Waals surface area contributed by atoms with Gasteiger partial charge in [0.2, 0.25) is 0 Å². The minimum Gasteiger partial charge on any atom is -0.356 e. The summed E-state index contributed by atoms with van der Waals surface area (Å²) in [6, 6.07) is 19.7. The number of halogens is 1. The number of nitrogens with zero attached hydrogens (tertiary/aromatic N) is 4. The number of anilines is 1. The largest absolute Gasteiger partial charge is 0.356 e. The summed E-state index contributed by atoms with van der Waals surface area (Å²) < 4.78 is 0. The molecule has 0 spiro atoms. The van der Waals surface area contributed by atoms with E-state index in [1.165, 1.54) is 11.8 Å². The lowest BCUT2D eigenvalue weighted by Crippen LogP contribution is -2.47. The van der Waals surface area contributed by atoms with Gasteiger partial charge in [0, 0.05) is 36.5 Å². The smallest absolute Gasteiger partial charge is 0.251 e. The number of benzene rings is 2. The lowest BCUT2D eigenvalue weighted by atomic mass is 9.70. The first-order valence-electron chi connectivity index (χ1n) is 15.3. The molecule has 1 fully saturated rings. The molecular formula is C34H44ClN5O2S. The minimum atomic E-state index is -0.466. The van der Waals surface area contributed by atoms with Crippen molar-refractivity contribution < 1.29 is 9.59 Å². The van der Waals surface area contributed by atoms with Crippen LogP contribution in [0.25, 0.3) is 0 Å². The normalized spacial score (nSPS) is 15.3. The SMILES string of the molecule is CCN(CC)CCCC(C)NC(=O)c1cccc(CSc2nc(Cl)cc(N3CCC(C(C)=O)(c4ccccc4)CC3)n2)c1. The molecular weight excluding hydrogens is 578 g/mol. The fraction of sp³-hybridized carbons (Fsp3) is 0.471. The molecule has 1 unspecified atom stereocenters. The van der Waals surface area contributed by atoms with E-state index in [1.54, 1.807) is 13.0 Å². The van der Waals surface area contributed by atoms with Crippen LogP contribution in [0.15, 0.2) is 65.8 Å². The molecule has 0 aliphatic carbocycles. The highest BCUT2D eigenvalue weighted by Crippen LogP contribution is 2.38. The van der Waals surface area contributed by atoms with Crippen molar-refractivity contribution in [2.75, 3.05) is 37.6 Å². The third kappa shape index (κ3) is 8.80. The van der Waals surface area contributed by atoms with E-state index in [0.717, 1.165) is 62.3 Å². The zero-order chi connectivity index (χ0) is 30.8. The summed E-state index contributed by atoms with van der Waals surface area (Å²) in [6.45, 7) is 12.7. The Kier molecular flexibility index (Phi) is 12.0. The molecule has 1 N–H and O–H groups in total. The zero-order valence-corrected chi connectivity index (χ0v) is 27.4. The van der Waals surface area contributed by atoms with Crippen molar-refractivity contribution >= 4 is 40.9 Å². The Labute approximate surface area is 265 Å². The molecule has 2 heterocycles. The van der Waals surface area contributed by atoms with Crippen LogP contribution < -0.4 is 10.2 Å². The van der Waals surface area contributed by atoms with Crippen LogP contribution in [0.3, 0.4) is 0 Å². The van der Waals surface area contributed by atoms with Gasteiger partial charge in [0.25, 0.3) is 5.91 Å². The van der Waals surface area contributed by atoms with Gasteiger partial charge >= 0.3 is 0 Å². The number of hydrogen-bond acceptors (Lipinski definition) is 7. The molecule has 1 amide bonds. The van der Waals surface area contributed by atoms with Crippen molar-refractivity contribution in [2.45, 2.75) is 75.7 Å². The van der Waals surface area contributed by atoms with Gasteiger partial charge in [0.15, 0.2) is 5.16 Å². The van der Waals surface area contributed by atoms with Gasteiger partial charge in [-0.1, -0.05) is 79.7 Å². The zero-order valence-electron chi connectivity index (χ0n) is 25.8. The summed E-state index contributed by atoms with van der Waals surface area (Å²) in [6.07, 6.45) is 3.45. The Hall–Kier alpha value is -2.94. The van der Waals surface area contributed by atoms with Crippen LogP contribution in [0.5, 0.6) is 0 Å². The van der Waals surface area contributed by atoms with Crippen LogP contribution in [0.1, 0.15) is 74.9 Å². The van der Waals surface area contributed by atoms with Crippen LogP contribution in [-0.4, -0.2) is 65.3 Å². The fourth-order valence-corrected chi connectivity index (χ4v) is 6.85. The molecule has 43 heavy (non-hydrogen) atoms. The number of rotatable bonds is 14. The third-order valence-electron chi connectivity index (χ3n) is 8.54. The van der Waals surface area contributed by atoms with E-state index in [4.69, 9.17) is 16.6 Å². The molecule has 4 rings (SSSR count). The molecule has 3 aromatic rings. The quantitative estimate of drug-likeness (QED) is 0.121. The van der Waals surface area contributed by atoms with Crippen molar-refractivity contribution in [2.24, 2.45) is 0 Å². The number of nitrogens with one attached hydrogen (secondary N) is 1. The minimum absolute atomic E-state index is 0.0503. The van der Waals surface area contributed by atoms with E-state index in [-0.39, 0.29) is 17.7 Å². The molecule has 0 bridgehead atoms. The molecule has 0 radical (unpaired) electrons. The third-order valence-corrected chi connectivity index (χ3v) is 9.65. The molecule has 2 aromatic carbocycles. The number of thioether (sulfide) groups is 1. The lowest BCUT2D eigenvalue weighted by Gasteiger charge is -2.41. The van der Waals surface area contributed by atoms with Crippen LogP contribution in [0, 0.1) is 0 Å². The standard InChI is InChI=1S/C34H44ClN5O2S/c1-5-39(6-2)19-11-12-25(3)36-32(42)28-14-10-13-27(22-28)24-43-33-37-30(35)23-31(38-33)40-20-17-34(18-21-40,26(4)41)29-15-8-7-9-16-29/h7-10,13-16,22-23,25H,5-6,11-12,17-21,24H2,1-4H3,(H,36,42). The van der Waals surface area contributed by atoms with E-state index in [9.17, 15) is 9.59 Å². The van der Waals surface area contributed by atoms with E-state index in [2.05, 4.69) is 53.0 Å². The summed E-state index contributed by atoms with van der Waals surface area (Å²) in [7, 11) is 0. The lowest BCUT2D eigenvalue weighted by molar-refractivity contribution is -0.123. The number of ketones is 1. The molecule has 1 aromatic heterocycles. The molecule has 0 saturated carbocycles. The van der Waals surface area contributed by atoms with Crippen molar-refractivity contribution in [3.63, 3.8) is 0 Å². The molecule has 7 nitrogen and oxygen atoms in total. The van der Waals surface area contributed by atoms with Gasteiger partial charge in [-0.3, -0.25) is 9.59 Å².